The van der Waals surface area contributed by atoms with Crippen molar-refractivity contribution in [3.05, 3.63) is 30.1 Å². The van der Waals surface area contributed by atoms with Gasteiger partial charge in [-0.15, -0.1) is 0 Å². The van der Waals surface area contributed by atoms with Gasteiger partial charge in [0.05, 0.1) is 5.54 Å². The average molecular weight is 250 g/mol. The summed E-state index contributed by atoms with van der Waals surface area (Å²) < 4.78 is 13.3. The number of hydrogen-bond acceptors (Lipinski definition) is 2. The third-order valence-electron chi connectivity index (χ3n) is 4.51. The smallest absolute Gasteiger partial charge is 0.125 e. The first-order chi connectivity index (χ1) is 8.49. The molecule has 1 fully saturated rings. The van der Waals surface area contributed by atoms with Crippen LogP contribution in [0.5, 0.6) is 0 Å². The van der Waals surface area contributed by atoms with Crippen LogP contribution < -0.4 is 11.1 Å². The molecule has 2 rings (SSSR count). The molecule has 1 saturated carbocycles. The minimum atomic E-state index is -0.208. The number of nitrogens with one attached hydrogen (secondary N) is 1. The highest BCUT2D eigenvalue weighted by Gasteiger charge is 2.45. The van der Waals surface area contributed by atoms with Gasteiger partial charge in [-0.1, -0.05) is 32.8 Å². The highest BCUT2D eigenvalue weighted by atomic mass is 19.1. The van der Waals surface area contributed by atoms with E-state index >= 15 is 0 Å². The molecule has 100 valence electrons. The van der Waals surface area contributed by atoms with Crippen LogP contribution in [-0.4, -0.2) is 12.1 Å². The van der Waals surface area contributed by atoms with E-state index in [9.17, 15) is 4.39 Å². The number of halogens is 1. The van der Waals surface area contributed by atoms with E-state index in [-0.39, 0.29) is 16.8 Å². The Morgan fingerprint density at radius 3 is 2.61 bits per heavy atom. The van der Waals surface area contributed by atoms with Crippen LogP contribution >= 0.6 is 0 Å². The predicted molar refractivity (Wildman–Crippen MR) is 74.1 cm³/mol. The molecule has 1 aliphatic carbocycles. The fourth-order valence-corrected chi connectivity index (χ4v) is 3.07. The zero-order valence-electron chi connectivity index (χ0n) is 11.3. The Hall–Kier alpha value is -1.09. The second-order valence-corrected chi connectivity index (χ2v) is 6.01. The summed E-state index contributed by atoms with van der Waals surface area (Å²) in [4.78, 5) is 0. The Bertz CT molecular complexity index is 417. The van der Waals surface area contributed by atoms with Crippen molar-refractivity contribution >= 4 is 5.69 Å². The van der Waals surface area contributed by atoms with E-state index in [4.69, 9.17) is 5.73 Å². The topological polar surface area (TPSA) is 38.0 Å². The summed E-state index contributed by atoms with van der Waals surface area (Å²) in [6.07, 6.45) is 4.64. The minimum Gasteiger partial charge on any atom is -0.378 e. The van der Waals surface area contributed by atoms with E-state index in [2.05, 4.69) is 19.2 Å². The highest BCUT2D eigenvalue weighted by Crippen LogP contribution is 2.45. The van der Waals surface area contributed by atoms with E-state index in [1.54, 1.807) is 12.1 Å². The molecule has 18 heavy (non-hydrogen) atoms. The molecule has 3 N–H and O–H groups in total. The van der Waals surface area contributed by atoms with Crippen LogP contribution in [-0.2, 0) is 0 Å². The molecule has 0 heterocycles. The van der Waals surface area contributed by atoms with Crippen LogP contribution in [0.1, 0.15) is 39.5 Å². The zero-order chi connectivity index (χ0) is 13.2. The number of rotatable bonds is 3. The fourth-order valence-electron chi connectivity index (χ4n) is 3.07. The van der Waals surface area contributed by atoms with E-state index < -0.39 is 0 Å². The lowest BCUT2D eigenvalue weighted by Crippen LogP contribution is -2.58. The molecule has 1 aromatic rings. The van der Waals surface area contributed by atoms with Crippen LogP contribution in [0.2, 0.25) is 0 Å². The van der Waals surface area contributed by atoms with E-state index in [1.165, 1.54) is 18.9 Å². The molecule has 0 aliphatic heterocycles. The summed E-state index contributed by atoms with van der Waals surface area (Å²) in [6.45, 7) is 5.09. The van der Waals surface area contributed by atoms with Crippen LogP contribution in [0, 0.1) is 11.2 Å². The summed E-state index contributed by atoms with van der Waals surface area (Å²) in [7, 11) is 0. The Balaban J connectivity index is 2.27. The van der Waals surface area contributed by atoms with Gasteiger partial charge in [0.25, 0.3) is 0 Å². The molecule has 1 aliphatic rings. The summed E-state index contributed by atoms with van der Waals surface area (Å²) in [6, 6.07) is 6.65. The number of anilines is 1. The average Bonchev–Trinajstić information content (AvgIpc) is 2.32. The van der Waals surface area contributed by atoms with Crippen LogP contribution in [0.15, 0.2) is 24.3 Å². The molecule has 0 spiro atoms. The van der Waals surface area contributed by atoms with Crippen molar-refractivity contribution in [2.75, 3.05) is 11.9 Å². The Morgan fingerprint density at radius 1 is 1.28 bits per heavy atom. The number of nitrogens with two attached hydrogens (primary N) is 1. The summed E-state index contributed by atoms with van der Waals surface area (Å²) in [5.41, 5.74) is 6.88. The zero-order valence-corrected chi connectivity index (χ0v) is 11.3. The Kier molecular flexibility index (Phi) is 3.62. The quantitative estimate of drug-likeness (QED) is 0.861. The van der Waals surface area contributed by atoms with E-state index in [0.717, 1.165) is 18.5 Å². The second kappa shape index (κ2) is 4.88. The highest BCUT2D eigenvalue weighted by molar-refractivity contribution is 5.47. The SMILES string of the molecule is CC1(C)CCCCC1(CN)Nc1cccc(F)c1. The first-order valence-corrected chi connectivity index (χ1v) is 6.73. The summed E-state index contributed by atoms with van der Waals surface area (Å²) in [5.74, 6) is -0.208. The van der Waals surface area contributed by atoms with Crippen molar-refractivity contribution < 1.29 is 4.39 Å². The summed E-state index contributed by atoms with van der Waals surface area (Å²) in [5, 5.41) is 3.51. The minimum absolute atomic E-state index is 0.126. The normalized spacial score (nSPS) is 26.9. The second-order valence-electron chi connectivity index (χ2n) is 6.01. The van der Waals surface area contributed by atoms with Crippen molar-refractivity contribution in [1.82, 2.24) is 0 Å². The lowest BCUT2D eigenvalue weighted by molar-refractivity contribution is 0.125. The van der Waals surface area contributed by atoms with Gasteiger partial charge in [-0.2, -0.15) is 0 Å². The van der Waals surface area contributed by atoms with Crippen LogP contribution in [0.4, 0.5) is 10.1 Å². The lowest BCUT2D eigenvalue weighted by Gasteiger charge is -2.51. The fraction of sp³-hybridized carbons (Fsp3) is 0.600. The number of hydrogen-bond donors (Lipinski definition) is 2. The van der Waals surface area contributed by atoms with Crippen LogP contribution in [0.3, 0.4) is 0 Å². The Morgan fingerprint density at radius 2 is 2.00 bits per heavy atom. The van der Waals surface area contributed by atoms with Gasteiger partial charge >= 0.3 is 0 Å². The molecule has 1 atom stereocenters. The molecule has 2 nitrogen and oxygen atoms in total. The standard InChI is InChI=1S/C15H23FN2/c1-14(2)8-3-4-9-15(14,11-17)18-13-7-5-6-12(16)10-13/h5-7,10,18H,3-4,8-9,11,17H2,1-2H3. The van der Waals surface area contributed by atoms with Gasteiger partial charge in [0.2, 0.25) is 0 Å². The molecule has 0 amide bonds. The molecule has 0 bridgehead atoms. The van der Waals surface area contributed by atoms with Crippen molar-refractivity contribution in [2.24, 2.45) is 11.1 Å². The molecule has 3 heteroatoms. The van der Waals surface area contributed by atoms with Gasteiger partial charge in [0.15, 0.2) is 0 Å². The van der Waals surface area contributed by atoms with Crippen molar-refractivity contribution in [3.63, 3.8) is 0 Å². The monoisotopic (exact) mass is 250 g/mol. The molecule has 0 saturated heterocycles. The van der Waals surface area contributed by atoms with Crippen molar-refractivity contribution in [1.29, 1.82) is 0 Å². The largest absolute Gasteiger partial charge is 0.378 e. The molecular weight excluding hydrogens is 227 g/mol. The van der Waals surface area contributed by atoms with Gasteiger partial charge in [0.1, 0.15) is 5.82 Å². The lowest BCUT2D eigenvalue weighted by atomic mass is 9.63. The molecule has 1 aromatic carbocycles. The first-order valence-electron chi connectivity index (χ1n) is 6.73. The van der Waals surface area contributed by atoms with Crippen LogP contribution in [0.25, 0.3) is 0 Å². The maximum absolute atomic E-state index is 13.3. The van der Waals surface area contributed by atoms with Crippen molar-refractivity contribution in [2.45, 2.75) is 45.1 Å². The summed E-state index contributed by atoms with van der Waals surface area (Å²) >= 11 is 0. The third-order valence-corrected chi connectivity index (χ3v) is 4.51. The predicted octanol–water partition coefficient (Wildman–Crippen LogP) is 3.54. The van der Waals surface area contributed by atoms with Gasteiger partial charge in [-0.25, -0.2) is 4.39 Å². The number of benzene rings is 1. The Labute approximate surface area is 109 Å². The van der Waals surface area contributed by atoms with E-state index in [1.807, 2.05) is 6.07 Å². The van der Waals surface area contributed by atoms with Gasteiger partial charge in [-0.05, 0) is 36.5 Å². The van der Waals surface area contributed by atoms with Gasteiger partial charge < -0.3 is 11.1 Å². The maximum atomic E-state index is 13.3. The maximum Gasteiger partial charge on any atom is 0.125 e. The first kappa shape index (κ1) is 13.3. The third kappa shape index (κ3) is 2.37. The van der Waals surface area contributed by atoms with Gasteiger partial charge in [0, 0.05) is 12.2 Å². The molecule has 1 unspecified atom stereocenters. The van der Waals surface area contributed by atoms with E-state index in [0.29, 0.717) is 6.54 Å². The molecular formula is C15H23FN2. The molecule has 0 radical (unpaired) electrons. The molecule has 0 aromatic heterocycles. The van der Waals surface area contributed by atoms with Gasteiger partial charge in [-0.3, -0.25) is 0 Å². The van der Waals surface area contributed by atoms with Crippen molar-refractivity contribution in [3.8, 4) is 0 Å².